The van der Waals surface area contributed by atoms with E-state index in [0.717, 1.165) is 12.8 Å². The molecule has 0 heterocycles. The van der Waals surface area contributed by atoms with Crippen LogP contribution in [0.5, 0.6) is 0 Å². The fourth-order valence-corrected chi connectivity index (χ4v) is 1.75. The van der Waals surface area contributed by atoms with Gasteiger partial charge >= 0.3 is 0 Å². The van der Waals surface area contributed by atoms with Gasteiger partial charge in [0.1, 0.15) is 5.84 Å². The highest BCUT2D eigenvalue weighted by molar-refractivity contribution is 5.80. The quantitative estimate of drug-likeness (QED) is 0.283. The molecule has 0 atom stereocenters. The SMILES string of the molecule is CCC1(C/C(N)=N/O)CCC1. The molecule has 1 rings (SSSR count). The summed E-state index contributed by atoms with van der Waals surface area (Å²) < 4.78 is 0. The first-order chi connectivity index (χ1) is 5.22. The van der Waals surface area contributed by atoms with E-state index in [1.807, 2.05) is 0 Å². The van der Waals surface area contributed by atoms with Crippen LogP contribution in [0.25, 0.3) is 0 Å². The molecular formula is C8H16N2O. The van der Waals surface area contributed by atoms with Crippen LogP contribution in [-0.4, -0.2) is 11.0 Å². The van der Waals surface area contributed by atoms with E-state index in [4.69, 9.17) is 10.9 Å². The molecule has 3 N–H and O–H groups in total. The molecule has 0 bridgehead atoms. The highest BCUT2D eigenvalue weighted by Gasteiger charge is 2.35. The van der Waals surface area contributed by atoms with E-state index in [0.29, 0.717) is 11.3 Å². The lowest BCUT2D eigenvalue weighted by molar-refractivity contribution is 0.135. The minimum atomic E-state index is 0.371. The summed E-state index contributed by atoms with van der Waals surface area (Å²) in [6.45, 7) is 2.17. The molecule has 64 valence electrons. The zero-order valence-electron chi connectivity index (χ0n) is 7.01. The monoisotopic (exact) mass is 156 g/mol. The third-order valence-electron chi connectivity index (χ3n) is 2.85. The Bertz CT molecular complexity index is 156. The molecule has 1 fully saturated rings. The first kappa shape index (κ1) is 8.37. The van der Waals surface area contributed by atoms with Gasteiger partial charge in [-0.1, -0.05) is 24.9 Å². The number of nitrogens with two attached hydrogens (primary N) is 1. The maximum absolute atomic E-state index is 8.38. The maximum atomic E-state index is 8.38. The zero-order chi connectivity index (χ0) is 8.32. The topological polar surface area (TPSA) is 58.6 Å². The molecule has 0 aromatic carbocycles. The molecule has 3 heteroatoms. The maximum Gasteiger partial charge on any atom is 0.139 e. The van der Waals surface area contributed by atoms with E-state index in [2.05, 4.69) is 12.1 Å². The van der Waals surface area contributed by atoms with Crippen LogP contribution in [0.15, 0.2) is 5.16 Å². The van der Waals surface area contributed by atoms with Gasteiger partial charge in [-0.05, 0) is 18.3 Å². The van der Waals surface area contributed by atoms with Gasteiger partial charge in [-0.3, -0.25) is 0 Å². The Morgan fingerprint density at radius 1 is 1.64 bits per heavy atom. The Labute approximate surface area is 67.3 Å². The van der Waals surface area contributed by atoms with Crippen molar-refractivity contribution in [2.24, 2.45) is 16.3 Å². The molecule has 1 aliphatic rings. The summed E-state index contributed by atoms with van der Waals surface area (Å²) in [5.74, 6) is 0.381. The van der Waals surface area contributed by atoms with Crippen LogP contribution in [0.1, 0.15) is 39.0 Å². The van der Waals surface area contributed by atoms with E-state index in [1.165, 1.54) is 19.3 Å². The van der Waals surface area contributed by atoms with Crippen LogP contribution in [0.3, 0.4) is 0 Å². The summed E-state index contributed by atoms with van der Waals surface area (Å²) in [6.07, 6.45) is 5.68. The molecular weight excluding hydrogens is 140 g/mol. The van der Waals surface area contributed by atoms with Gasteiger partial charge in [-0.25, -0.2) is 0 Å². The van der Waals surface area contributed by atoms with Gasteiger partial charge in [0, 0.05) is 6.42 Å². The van der Waals surface area contributed by atoms with E-state index in [-0.39, 0.29) is 0 Å². The van der Waals surface area contributed by atoms with Crippen molar-refractivity contribution in [1.29, 1.82) is 0 Å². The fraction of sp³-hybridized carbons (Fsp3) is 0.875. The van der Waals surface area contributed by atoms with Crippen molar-refractivity contribution >= 4 is 5.84 Å². The van der Waals surface area contributed by atoms with Crippen molar-refractivity contribution in [2.75, 3.05) is 0 Å². The molecule has 0 aromatic rings. The van der Waals surface area contributed by atoms with Crippen LogP contribution >= 0.6 is 0 Å². The lowest BCUT2D eigenvalue weighted by Gasteiger charge is -2.40. The van der Waals surface area contributed by atoms with Crippen molar-refractivity contribution in [3.63, 3.8) is 0 Å². The molecule has 0 spiro atoms. The molecule has 0 unspecified atom stereocenters. The number of hydrogen-bond donors (Lipinski definition) is 2. The predicted octanol–water partition coefficient (Wildman–Crippen LogP) is 1.70. The second kappa shape index (κ2) is 3.11. The molecule has 3 nitrogen and oxygen atoms in total. The average molecular weight is 156 g/mol. The van der Waals surface area contributed by atoms with Crippen LogP contribution < -0.4 is 5.73 Å². The van der Waals surface area contributed by atoms with E-state index in [1.54, 1.807) is 0 Å². The van der Waals surface area contributed by atoms with Gasteiger partial charge in [-0.15, -0.1) is 0 Å². The molecule has 0 saturated heterocycles. The van der Waals surface area contributed by atoms with Gasteiger partial charge in [-0.2, -0.15) is 0 Å². The van der Waals surface area contributed by atoms with Crippen molar-refractivity contribution in [1.82, 2.24) is 0 Å². The molecule has 1 saturated carbocycles. The standard InChI is InChI=1S/C8H16N2O/c1-2-8(4-3-5-8)6-7(9)10-11/h11H,2-6H2,1H3,(H2,9,10). The van der Waals surface area contributed by atoms with Gasteiger partial charge < -0.3 is 10.9 Å². The summed E-state index contributed by atoms with van der Waals surface area (Å²) in [4.78, 5) is 0. The summed E-state index contributed by atoms with van der Waals surface area (Å²) in [5.41, 5.74) is 5.82. The van der Waals surface area contributed by atoms with Crippen LogP contribution in [0.4, 0.5) is 0 Å². The summed E-state index contributed by atoms with van der Waals surface area (Å²) in [6, 6.07) is 0. The van der Waals surface area contributed by atoms with Crippen LogP contribution in [-0.2, 0) is 0 Å². The van der Waals surface area contributed by atoms with Crippen molar-refractivity contribution in [2.45, 2.75) is 39.0 Å². The van der Waals surface area contributed by atoms with Crippen LogP contribution in [0, 0.1) is 5.41 Å². The van der Waals surface area contributed by atoms with E-state index >= 15 is 0 Å². The number of oxime groups is 1. The summed E-state index contributed by atoms with van der Waals surface area (Å²) >= 11 is 0. The van der Waals surface area contributed by atoms with E-state index < -0.39 is 0 Å². The largest absolute Gasteiger partial charge is 0.409 e. The minimum absolute atomic E-state index is 0.371. The molecule has 1 aliphatic carbocycles. The number of hydrogen-bond acceptors (Lipinski definition) is 2. The Kier molecular flexibility index (Phi) is 2.37. The third kappa shape index (κ3) is 1.64. The lowest BCUT2D eigenvalue weighted by atomic mass is 9.65. The minimum Gasteiger partial charge on any atom is -0.409 e. The predicted molar refractivity (Wildman–Crippen MR) is 44.6 cm³/mol. The average Bonchev–Trinajstić information content (AvgIpc) is 1.96. The highest BCUT2D eigenvalue weighted by atomic mass is 16.4. The number of rotatable bonds is 3. The smallest absolute Gasteiger partial charge is 0.139 e. The molecule has 0 aromatic heterocycles. The first-order valence-electron chi connectivity index (χ1n) is 4.19. The second-order valence-corrected chi connectivity index (χ2v) is 3.48. The Morgan fingerprint density at radius 3 is 2.55 bits per heavy atom. The van der Waals surface area contributed by atoms with Gasteiger partial charge in [0.2, 0.25) is 0 Å². The highest BCUT2D eigenvalue weighted by Crippen LogP contribution is 2.46. The van der Waals surface area contributed by atoms with Crippen molar-refractivity contribution in [3.05, 3.63) is 0 Å². The fourth-order valence-electron chi connectivity index (χ4n) is 1.75. The van der Waals surface area contributed by atoms with Gasteiger partial charge in [0.05, 0.1) is 0 Å². The molecule has 0 radical (unpaired) electrons. The normalized spacial score (nSPS) is 22.8. The Morgan fingerprint density at radius 2 is 2.27 bits per heavy atom. The van der Waals surface area contributed by atoms with E-state index in [9.17, 15) is 0 Å². The van der Waals surface area contributed by atoms with Crippen LogP contribution in [0.2, 0.25) is 0 Å². The zero-order valence-corrected chi connectivity index (χ0v) is 7.01. The lowest BCUT2D eigenvalue weighted by Crippen LogP contribution is -2.33. The molecule has 11 heavy (non-hydrogen) atoms. The Balaban J connectivity index is 2.44. The second-order valence-electron chi connectivity index (χ2n) is 3.48. The number of nitrogens with zero attached hydrogens (tertiary/aromatic N) is 1. The number of amidine groups is 1. The van der Waals surface area contributed by atoms with Gasteiger partial charge in [0.15, 0.2) is 0 Å². The van der Waals surface area contributed by atoms with Gasteiger partial charge in [0.25, 0.3) is 0 Å². The van der Waals surface area contributed by atoms with Crippen molar-refractivity contribution in [3.8, 4) is 0 Å². The van der Waals surface area contributed by atoms with Crippen molar-refractivity contribution < 1.29 is 5.21 Å². The molecule has 0 aliphatic heterocycles. The Hall–Kier alpha value is -0.730. The third-order valence-corrected chi connectivity index (χ3v) is 2.85. The molecule has 0 amide bonds. The summed E-state index contributed by atoms with van der Waals surface area (Å²) in [5, 5.41) is 11.4. The summed E-state index contributed by atoms with van der Waals surface area (Å²) in [7, 11) is 0. The first-order valence-corrected chi connectivity index (χ1v) is 4.19.